The quantitative estimate of drug-likeness (QED) is 0.633. The first kappa shape index (κ1) is 17.0. The minimum atomic E-state index is 0.655. The Labute approximate surface area is 138 Å². The number of rotatable bonds is 6. The monoisotopic (exact) mass is 311 g/mol. The van der Waals surface area contributed by atoms with Crippen LogP contribution in [-0.4, -0.2) is 37.0 Å². The highest BCUT2D eigenvalue weighted by Gasteiger charge is 2.00. The summed E-state index contributed by atoms with van der Waals surface area (Å²) < 4.78 is 0. The summed E-state index contributed by atoms with van der Waals surface area (Å²) in [5.74, 6) is 0.771. The highest BCUT2D eigenvalue weighted by molar-refractivity contribution is 5.79. The number of nitrogens with zero attached hydrogens (tertiary/aromatic N) is 3. The smallest absolute Gasteiger partial charge is 0.191 e. The fourth-order valence-corrected chi connectivity index (χ4v) is 2.21. The minimum Gasteiger partial charge on any atom is -0.352 e. The van der Waals surface area contributed by atoms with Gasteiger partial charge in [0.2, 0.25) is 0 Å². The second-order valence-electron chi connectivity index (χ2n) is 5.65. The molecule has 1 aromatic heterocycles. The number of hydrogen-bond donors (Lipinski definition) is 2. The standard InChI is InChI=1S/C18H25N5/c1-19-18(22-13-17-6-4-5-11-20-17)21-12-15-7-9-16(10-8-15)14-23(2)3/h4-11H,12-14H2,1-3H3,(H2,19,21,22). The summed E-state index contributed by atoms with van der Waals surface area (Å²) in [6.07, 6.45) is 1.79. The van der Waals surface area contributed by atoms with Crippen LogP contribution < -0.4 is 10.6 Å². The maximum absolute atomic E-state index is 4.29. The number of pyridine rings is 1. The molecule has 5 nitrogen and oxygen atoms in total. The zero-order chi connectivity index (χ0) is 16.5. The first-order valence-electron chi connectivity index (χ1n) is 7.74. The summed E-state index contributed by atoms with van der Waals surface area (Å²) in [4.78, 5) is 10.7. The Morgan fingerprint density at radius 3 is 2.30 bits per heavy atom. The van der Waals surface area contributed by atoms with Gasteiger partial charge in [0.15, 0.2) is 5.96 Å². The summed E-state index contributed by atoms with van der Waals surface area (Å²) in [5.41, 5.74) is 3.54. The van der Waals surface area contributed by atoms with Gasteiger partial charge in [0, 0.05) is 26.3 Å². The Kier molecular flexibility index (Phi) is 6.56. The van der Waals surface area contributed by atoms with Crippen LogP contribution in [0.3, 0.4) is 0 Å². The summed E-state index contributed by atoms with van der Waals surface area (Å²) in [6.45, 7) is 2.35. The van der Waals surface area contributed by atoms with E-state index < -0.39 is 0 Å². The van der Waals surface area contributed by atoms with E-state index in [0.717, 1.165) is 24.7 Å². The van der Waals surface area contributed by atoms with Gasteiger partial charge in [0.05, 0.1) is 12.2 Å². The molecule has 0 fully saturated rings. The first-order chi connectivity index (χ1) is 11.2. The zero-order valence-electron chi connectivity index (χ0n) is 14.1. The number of aromatic nitrogens is 1. The molecule has 0 aliphatic carbocycles. The number of nitrogens with one attached hydrogen (secondary N) is 2. The van der Waals surface area contributed by atoms with Crippen molar-refractivity contribution in [1.29, 1.82) is 0 Å². The molecule has 0 bridgehead atoms. The maximum Gasteiger partial charge on any atom is 0.191 e. The first-order valence-corrected chi connectivity index (χ1v) is 7.74. The van der Waals surface area contributed by atoms with Crippen LogP contribution in [0.5, 0.6) is 0 Å². The lowest BCUT2D eigenvalue weighted by atomic mass is 10.1. The second kappa shape index (κ2) is 8.90. The van der Waals surface area contributed by atoms with Crippen LogP contribution in [0.2, 0.25) is 0 Å². The van der Waals surface area contributed by atoms with Gasteiger partial charge in [-0.15, -0.1) is 0 Å². The number of guanidine groups is 1. The van der Waals surface area contributed by atoms with Gasteiger partial charge in [0.1, 0.15) is 0 Å². The van der Waals surface area contributed by atoms with E-state index in [1.54, 1.807) is 13.2 Å². The Morgan fingerprint density at radius 2 is 1.70 bits per heavy atom. The largest absolute Gasteiger partial charge is 0.352 e. The Bertz CT molecular complexity index is 605. The molecule has 0 unspecified atom stereocenters. The van der Waals surface area contributed by atoms with Crippen LogP contribution in [0.15, 0.2) is 53.7 Å². The van der Waals surface area contributed by atoms with Crippen LogP contribution in [0.4, 0.5) is 0 Å². The van der Waals surface area contributed by atoms with Gasteiger partial charge in [-0.1, -0.05) is 30.3 Å². The third kappa shape index (κ3) is 6.08. The van der Waals surface area contributed by atoms with Gasteiger partial charge in [-0.2, -0.15) is 0 Å². The van der Waals surface area contributed by atoms with Gasteiger partial charge < -0.3 is 15.5 Å². The minimum absolute atomic E-state index is 0.655. The fourth-order valence-electron chi connectivity index (χ4n) is 2.21. The second-order valence-corrected chi connectivity index (χ2v) is 5.65. The molecule has 0 saturated carbocycles. The van der Waals surface area contributed by atoms with E-state index in [1.165, 1.54) is 11.1 Å². The van der Waals surface area contributed by atoms with Gasteiger partial charge in [-0.05, 0) is 37.4 Å². The molecule has 2 N–H and O–H groups in total. The van der Waals surface area contributed by atoms with Crippen molar-refractivity contribution in [2.75, 3.05) is 21.1 Å². The lowest BCUT2D eigenvalue weighted by Crippen LogP contribution is -2.36. The van der Waals surface area contributed by atoms with Crippen LogP contribution >= 0.6 is 0 Å². The summed E-state index contributed by atoms with van der Waals surface area (Å²) in [6, 6.07) is 14.5. The molecule has 1 heterocycles. The van der Waals surface area contributed by atoms with E-state index in [2.05, 4.69) is 63.9 Å². The Morgan fingerprint density at radius 1 is 1.00 bits per heavy atom. The van der Waals surface area contributed by atoms with Crippen LogP contribution in [-0.2, 0) is 19.6 Å². The molecule has 0 spiro atoms. The number of benzene rings is 1. The van der Waals surface area contributed by atoms with Crippen molar-refractivity contribution in [2.24, 2.45) is 4.99 Å². The number of aliphatic imine (C=N–C) groups is 1. The van der Waals surface area contributed by atoms with Crippen molar-refractivity contribution in [1.82, 2.24) is 20.5 Å². The van der Waals surface area contributed by atoms with E-state index in [4.69, 9.17) is 0 Å². The molecule has 0 amide bonds. The molecule has 0 saturated heterocycles. The van der Waals surface area contributed by atoms with Gasteiger partial charge in [0.25, 0.3) is 0 Å². The lowest BCUT2D eigenvalue weighted by molar-refractivity contribution is 0.402. The third-order valence-corrected chi connectivity index (χ3v) is 3.37. The summed E-state index contributed by atoms with van der Waals surface area (Å²) in [7, 11) is 5.92. The van der Waals surface area contributed by atoms with E-state index >= 15 is 0 Å². The molecule has 2 rings (SSSR count). The van der Waals surface area contributed by atoms with Crippen LogP contribution in [0.25, 0.3) is 0 Å². The zero-order valence-corrected chi connectivity index (χ0v) is 14.1. The topological polar surface area (TPSA) is 52.6 Å². The van der Waals surface area contributed by atoms with E-state index in [0.29, 0.717) is 6.54 Å². The maximum atomic E-state index is 4.29. The lowest BCUT2D eigenvalue weighted by Gasteiger charge is -2.13. The van der Waals surface area contributed by atoms with Crippen LogP contribution in [0, 0.1) is 0 Å². The predicted octanol–water partition coefficient (Wildman–Crippen LogP) is 2.01. The molecule has 122 valence electrons. The van der Waals surface area contributed by atoms with Gasteiger partial charge in [-0.25, -0.2) is 0 Å². The molecular formula is C18H25N5. The Hall–Kier alpha value is -2.40. The fraction of sp³-hybridized carbons (Fsp3) is 0.333. The highest BCUT2D eigenvalue weighted by Crippen LogP contribution is 2.06. The molecule has 5 heteroatoms. The summed E-state index contributed by atoms with van der Waals surface area (Å²) in [5, 5.41) is 6.58. The normalized spacial score (nSPS) is 11.6. The van der Waals surface area contributed by atoms with Crippen molar-refractivity contribution in [3.63, 3.8) is 0 Å². The van der Waals surface area contributed by atoms with E-state index in [-0.39, 0.29) is 0 Å². The van der Waals surface area contributed by atoms with Crippen molar-refractivity contribution < 1.29 is 0 Å². The molecule has 2 aromatic rings. The molecule has 0 atom stereocenters. The highest BCUT2D eigenvalue weighted by atomic mass is 15.2. The molecule has 1 aromatic carbocycles. The van der Waals surface area contributed by atoms with E-state index in [9.17, 15) is 0 Å². The number of hydrogen-bond acceptors (Lipinski definition) is 3. The van der Waals surface area contributed by atoms with Crippen molar-refractivity contribution >= 4 is 5.96 Å². The predicted molar refractivity (Wildman–Crippen MR) is 95.1 cm³/mol. The third-order valence-electron chi connectivity index (χ3n) is 3.37. The van der Waals surface area contributed by atoms with Crippen molar-refractivity contribution in [2.45, 2.75) is 19.6 Å². The molecular weight excluding hydrogens is 286 g/mol. The van der Waals surface area contributed by atoms with E-state index in [1.807, 2.05) is 18.2 Å². The average molecular weight is 311 g/mol. The molecule has 0 aliphatic rings. The molecule has 23 heavy (non-hydrogen) atoms. The van der Waals surface area contributed by atoms with Crippen LogP contribution in [0.1, 0.15) is 16.8 Å². The molecule has 0 aliphatic heterocycles. The molecule has 0 radical (unpaired) electrons. The van der Waals surface area contributed by atoms with Crippen molar-refractivity contribution in [3.05, 3.63) is 65.5 Å². The summed E-state index contributed by atoms with van der Waals surface area (Å²) >= 11 is 0. The van der Waals surface area contributed by atoms with Gasteiger partial charge >= 0.3 is 0 Å². The SMILES string of the molecule is CN=C(NCc1ccc(CN(C)C)cc1)NCc1ccccn1. The Balaban J connectivity index is 1.81. The van der Waals surface area contributed by atoms with Gasteiger partial charge in [-0.3, -0.25) is 9.98 Å². The average Bonchev–Trinajstić information content (AvgIpc) is 2.57. The van der Waals surface area contributed by atoms with Crippen molar-refractivity contribution in [3.8, 4) is 0 Å².